The number of carbonyl (C=O) groups is 2. The second kappa shape index (κ2) is 9.38. The van der Waals surface area contributed by atoms with Crippen LogP contribution in [-0.2, 0) is 4.79 Å². The summed E-state index contributed by atoms with van der Waals surface area (Å²) in [5.74, 6) is -0.0708. The molecular weight excluding hydrogens is 394 g/mol. The zero-order valence-corrected chi connectivity index (χ0v) is 18.1. The molecule has 0 aliphatic carbocycles. The second-order valence-corrected chi connectivity index (χ2v) is 7.32. The largest absolute Gasteiger partial charge is 0.493 e. The Kier molecular flexibility index (Phi) is 6.65. The van der Waals surface area contributed by atoms with Gasteiger partial charge in [0.25, 0.3) is 11.8 Å². The van der Waals surface area contributed by atoms with Crippen LogP contribution in [0.15, 0.2) is 54.6 Å². The lowest BCUT2D eigenvalue weighted by Crippen LogP contribution is -2.20. The molecule has 1 heterocycles. The highest BCUT2D eigenvalue weighted by atomic mass is 16.5. The fraction of sp³-hybridized carbons (Fsp3) is 0.250. The molecular formula is C24H27N3O4. The van der Waals surface area contributed by atoms with Gasteiger partial charge in [-0.25, -0.2) is 0 Å². The summed E-state index contributed by atoms with van der Waals surface area (Å²) in [7, 11) is 1.49. The zero-order valence-electron chi connectivity index (χ0n) is 18.1. The summed E-state index contributed by atoms with van der Waals surface area (Å²) in [5, 5.41) is 2.89. The van der Waals surface area contributed by atoms with E-state index in [4.69, 9.17) is 15.2 Å². The van der Waals surface area contributed by atoms with Crippen molar-refractivity contribution in [3.63, 3.8) is 0 Å². The topological polar surface area (TPSA) is 95.6 Å². The Morgan fingerprint density at radius 3 is 2.42 bits per heavy atom. The molecule has 0 aliphatic heterocycles. The Labute approximate surface area is 181 Å². The number of carbonyl (C=O) groups excluding carboxylic acids is 2. The molecule has 0 spiro atoms. The molecule has 2 aromatic carbocycles. The maximum Gasteiger partial charge on any atom is 0.257 e. The molecule has 1 unspecified atom stereocenters. The van der Waals surface area contributed by atoms with Crippen molar-refractivity contribution in [2.75, 3.05) is 19.0 Å². The van der Waals surface area contributed by atoms with E-state index in [2.05, 4.69) is 28.9 Å². The molecule has 162 valence electrons. The molecule has 3 aromatic rings. The van der Waals surface area contributed by atoms with Crippen molar-refractivity contribution in [2.45, 2.75) is 26.8 Å². The van der Waals surface area contributed by atoms with E-state index in [1.165, 1.54) is 12.7 Å². The lowest BCUT2D eigenvalue weighted by atomic mass is 10.1. The summed E-state index contributed by atoms with van der Waals surface area (Å²) in [6.45, 7) is 5.76. The van der Waals surface area contributed by atoms with E-state index in [1.54, 1.807) is 18.2 Å². The molecule has 0 saturated heterocycles. The molecule has 2 amide bonds. The minimum atomic E-state index is -0.600. The minimum absolute atomic E-state index is 0.0949. The molecule has 0 saturated carbocycles. The predicted molar refractivity (Wildman–Crippen MR) is 120 cm³/mol. The maximum atomic E-state index is 13.0. The van der Waals surface area contributed by atoms with Crippen LogP contribution in [0.3, 0.4) is 0 Å². The number of methoxy groups -OCH3 is 1. The van der Waals surface area contributed by atoms with Crippen LogP contribution in [0.2, 0.25) is 0 Å². The Morgan fingerprint density at radius 2 is 1.77 bits per heavy atom. The number of rotatable bonds is 8. The fourth-order valence-electron chi connectivity index (χ4n) is 3.70. The number of ether oxygens (including phenoxy) is 2. The number of benzene rings is 2. The number of nitrogens with one attached hydrogen (secondary N) is 1. The van der Waals surface area contributed by atoms with E-state index in [9.17, 15) is 9.59 Å². The van der Waals surface area contributed by atoms with Gasteiger partial charge in [0.05, 0.1) is 18.7 Å². The van der Waals surface area contributed by atoms with Crippen LogP contribution in [0.5, 0.6) is 11.5 Å². The summed E-state index contributed by atoms with van der Waals surface area (Å²) >= 11 is 0. The number of hydrogen-bond acceptors (Lipinski definition) is 4. The van der Waals surface area contributed by atoms with Gasteiger partial charge >= 0.3 is 0 Å². The van der Waals surface area contributed by atoms with Gasteiger partial charge in [0, 0.05) is 23.1 Å². The third-order valence-corrected chi connectivity index (χ3v) is 5.19. The van der Waals surface area contributed by atoms with Crippen molar-refractivity contribution in [1.82, 2.24) is 4.57 Å². The van der Waals surface area contributed by atoms with Crippen LogP contribution in [0.4, 0.5) is 5.69 Å². The number of amides is 2. The van der Waals surface area contributed by atoms with E-state index in [0.29, 0.717) is 22.7 Å². The maximum absolute atomic E-state index is 13.0. The summed E-state index contributed by atoms with van der Waals surface area (Å²) in [6, 6.07) is 17.1. The van der Waals surface area contributed by atoms with Crippen LogP contribution in [0.1, 0.15) is 40.3 Å². The first-order chi connectivity index (χ1) is 14.8. The Hall–Kier alpha value is -3.74. The van der Waals surface area contributed by atoms with E-state index >= 15 is 0 Å². The Balaban J connectivity index is 1.84. The standard InChI is InChI=1S/C24H27N3O4/c1-15-12-20(17(3)27(15)16(2)18-8-6-5-7-9-18)24(29)26-19-10-11-21(30-4)22(13-19)31-14-23(25)28/h5-13,16H,14H2,1-4H3,(H2,25,28)(H,26,29). The summed E-state index contributed by atoms with van der Waals surface area (Å²) in [4.78, 5) is 24.1. The monoisotopic (exact) mass is 421 g/mol. The van der Waals surface area contributed by atoms with Crippen LogP contribution in [0.25, 0.3) is 0 Å². The van der Waals surface area contributed by atoms with Gasteiger partial charge in [0.2, 0.25) is 0 Å². The molecule has 0 aliphatic rings. The van der Waals surface area contributed by atoms with Gasteiger partial charge in [0.15, 0.2) is 18.1 Å². The van der Waals surface area contributed by atoms with Crippen LogP contribution in [-0.4, -0.2) is 30.1 Å². The van der Waals surface area contributed by atoms with Gasteiger partial charge in [-0.1, -0.05) is 30.3 Å². The average molecular weight is 421 g/mol. The average Bonchev–Trinajstić information content (AvgIpc) is 3.06. The van der Waals surface area contributed by atoms with Gasteiger partial charge in [-0.3, -0.25) is 9.59 Å². The third-order valence-electron chi connectivity index (χ3n) is 5.19. The molecule has 31 heavy (non-hydrogen) atoms. The molecule has 3 rings (SSSR count). The lowest BCUT2D eigenvalue weighted by Gasteiger charge is -2.19. The number of nitrogens with zero attached hydrogens (tertiary/aromatic N) is 1. The zero-order chi connectivity index (χ0) is 22.5. The van der Waals surface area contributed by atoms with E-state index in [-0.39, 0.29) is 18.6 Å². The Morgan fingerprint density at radius 1 is 1.06 bits per heavy atom. The molecule has 3 N–H and O–H groups in total. The third kappa shape index (κ3) is 4.88. The van der Waals surface area contributed by atoms with Crippen LogP contribution < -0.4 is 20.5 Å². The number of anilines is 1. The number of primary amides is 1. The summed E-state index contributed by atoms with van der Waals surface area (Å²) in [5.41, 5.74) is 9.31. The smallest absolute Gasteiger partial charge is 0.257 e. The van der Waals surface area contributed by atoms with Gasteiger partial charge in [0.1, 0.15) is 0 Å². The molecule has 0 radical (unpaired) electrons. The molecule has 7 nitrogen and oxygen atoms in total. The highest BCUT2D eigenvalue weighted by Crippen LogP contribution is 2.31. The first-order valence-electron chi connectivity index (χ1n) is 9.95. The number of nitrogens with two attached hydrogens (primary N) is 1. The van der Waals surface area contributed by atoms with Crippen molar-refractivity contribution in [2.24, 2.45) is 5.73 Å². The SMILES string of the molecule is COc1ccc(NC(=O)c2cc(C)n(C(C)c3ccccc3)c2C)cc1OCC(N)=O. The summed E-state index contributed by atoms with van der Waals surface area (Å²) in [6.07, 6.45) is 0. The van der Waals surface area contributed by atoms with Gasteiger partial charge < -0.3 is 25.1 Å². The molecule has 7 heteroatoms. The first-order valence-corrected chi connectivity index (χ1v) is 9.95. The van der Waals surface area contributed by atoms with E-state index in [1.807, 2.05) is 38.1 Å². The lowest BCUT2D eigenvalue weighted by molar-refractivity contribution is -0.119. The van der Waals surface area contributed by atoms with Crippen molar-refractivity contribution >= 4 is 17.5 Å². The second-order valence-electron chi connectivity index (χ2n) is 7.32. The van der Waals surface area contributed by atoms with Gasteiger partial charge in [-0.2, -0.15) is 0 Å². The van der Waals surface area contributed by atoms with Crippen molar-refractivity contribution in [3.8, 4) is 11.5 Å². The van der Waals surface area contributed by atoms with Crippen molar-refractivity contribution in [3.05, 3.63) is 77.1 Å². The van der Waals surface area contributed by atoms with Gasteiger partial charge in [-0.05, 0) is 44.5 Å². The van der Waals surface area contributed by atoms with E-state index in [0.717, 1.165) is 11.4 Å². The molecule has 1 aromatic heterocycles. The van der Waals surface area contributed by atoms with Crippen LogP contribution in [0, 0.1) is 13.8 Å². The first kappa shape index (κ1) is 22.0. The van der Waals surface area contributed by atoms with Crippen molar-refractivity contribution < 1.29 is 19.1 Å². The van der Waals surface area contributed by atoms with Crippen molar-refractivity contribution in [1.29, 1.82) is 0 Å². The van der Waals surface area contributed by atoms with Gasteiger partial charge in [-0.15, -0.1) is 0 Å². The fourth-order valence-corrected chi connectivity index (χ4v) is 3.70. The molecule has 1 atom stereocenters. The number of hydrogen-bond donors (Lipinski definition) is 2. The summed E-state index contributed by atoms with van der Waals surface area (Å²) < 4.78 is 12.8. The highest BCUT2D eigenvalue weighted by molar-refractivity contribution is 6.05. The quantitative estimate of drug-likeness (QED) is 0.578. The number of aromatic nitrogens is 1. The number of aryl methyl sites for hydroxylation is 1. The van der Waals surface area contributed by atoms with Crippen LogP contribution >= 0.6 is 0 Å². The molecule has 0 fully saturated rings. The van der Waals surface area contributed by atoms with E-state index < -0.39 is 5.91 Å². The Bertz CT molecular complexity index is 1090. The molecule has 0 bridgehead atoms. The highest BCUT2D eigenvalue weighted by Gasteiger charge is 2.20. The normalized spacial score (nSPS) is 11.6. The predicted octanol–water partition coefficient (Wildman–Crippen LogP) is 3.84. The minimum Gasteiger partial charge on any atom is -0.493 e.